The van der Waals surface area contributed by atoms with E-state index in [0.29, 0.717) is 23.3 Å². The van der Waals surface area contributed by atoms with Gasteiger partial charge in [0, 0.05) is 17.5 Å². The van der Waals surface area contributed by atoms with Crippen LogP contribution in [0.15, 0.2) is 36.4 Å². The molecule has 90 valence electrons. The molecule has 2 aromatic rings. The predicted molar refractivity (Wildman–Crippen MR) is 64.8 cm³/mol. The number of aryl methyl sites for hydroxylation is 1. The van der Waals surface area contributed by atoms with Gasteiger partial charge in [0.25, 0.3) is 0 Å². The third-order valence-corrected chi connectivity index (χ3v) is 3.24. The van der Waals surface area contributed by atoms with Gasteiger partial charge in [0.05, 0.1) is 5.97 Å². The summed E-state index contributed by atoms with van der Waals surface area (Å²) in [5.74, 6) is 0.254. The fourth-order valence-electron chi connectivity index (χ4n) is 2.36. The number of carboxylic acid groups (broad SMARTS) is 1. The molecule has 0 bridgehead atoms. The van der Waals surface area contributed by atoms with Crippen LogP contribution in [0, 0.1) is 6.92 Å². The van der Waals surface area contributed by atoms with Gasteiger partial charge in [-0.2, -0.15) is 0 Å². The fraction of sp³-hybridized carbons (Fsp3) is 0.133. The van der Waals surface area contributed by atoms with Crippen LogP contribution >= 0.6 is 0 Å². The van der Waals surface area contributed by atoms with Crippen LogP contribution in [0.1, 0.15) is 27.0 Å². The van der Waals surface area contributed by atoms with Crippen LogP contribution in [0.4, 0.5) is 0 Å². The van der Waals surface area contributed by atoms with Gasteiger partial charge in [0.2, 0.25) is 0 Å². The maximum atomic E-state index is 11.2. The van der Waals surface area contributed by atoms with Gasteiger partial charge < -0.3 is 14.6 Å². The molecule has 0 aromatic heterocycles. The molecule has 3 rings (SSSR count). The Morgan fingerprint density at radius 1 is 1.16 bits per heavy atom. The zero-order chi connectivity index (χ0) is 12.7. The molecule has 3 nitrogen and oxygen atoms in total. The van der Waals surface area contributed by atoms with Crippen LogP contribution < -0.4 is 61.2 Å². The maximum absolute atomic E-state index is 11.2. The minimum atomic E-state index is -1.15. The summed E-state index contributed by atoms with van der Waals surface area (Å²) in [5.41, 5.74) is 2.66. The van der Waals surface area contributed by atoms with E-state index >= 15 is 0 Å². The van der Waals surface area contributed by atoms with Crippen molar-refractivity contribution >= 4 is 5.97 Å². The molecule has 0 saturated carbocycles. The average molecular weight is 278 g/mol. The zero-order valence-corrected chi connectivity index (χ0v) is 14.0. The molecule has 1 heterocycles. The largest absolute Gasteiger partial charge is 1.00 e. The molecule has 0 amide bonds. The van der Waals surface area contributed by atoms with E-state index in [9.17, 15) is 9.90 Å². The van der Waals surface area contributed by atoms with Crippen LogP contribution in [0.5, 0.6) is 11.5 Å². The van der Waals surface area contributed by atoms with Crippen LogP contribution in [0.3, 0.4) is 0 Å². The quantitative estimate of drug-likeness (QED) is 0.540. The normalized spacial score (nSPS) is 11.6. The summed E-state index contributed by atoms with van der Waals surface area (Å²) in [5, 5.41) is 11.2. The number of fused-ring (bicyclic) bond motifs is 2. The van der Waals surface area contributed by atoms with Crippen molar-refractivity contribution in [1.29, 1.82) is 0 Å². The first kappa shape index (κ1) is 14.7. The van der Waals surface area contributed by atoms with Crippen molar-refractivity contribution in [2.24, 2.45) is 0 Å². The molecular formula is C15H11KO3. The van der Waals surface area contributed by atoms with E-state index in [1.165, 1.54) is 0 Å². The van der Waals surface area contributed by atoms with Gasteiger partial charge in [-0.05, 0) is 30.2 Å². The molecule has 0 atom stereocenters. The SMILES string of the molecule is Cc1ccc2c(c1C(=O)[O-])Cc1ccccc1O2.[K+]. The van der Waals surface area contributed by atoms with Crippen molar-refractivity contribution < 1.29 is 66.0 Å². The smallest absolute Gasteiger partial charge is 0.545 e. The van der Waals surface area contributed by atoms with Crippen LogP contribution in [0.25, 0.3) is 0 Å². The zero-order valence-electron chi connectivity index (χ0n) is 10.9. The molecule has 1 aliphatic rings. The number of hydrogen-bond acceptors (Lipinski definition) is 3. The number of rotatable bonds is 1. The van der Waals surface area contributed by atoms with E-state index < -0.39 is 5.97 Å². The second-order valence-corrected chi connectivity index (χ2v) is 4.41. The minimum Gasteiger partial charge on any atom is -0.545 e. The molecular weight excluding hydrogens is 267 g/mol. The van der Waals surface area contributed by atoms with E-state index in [2.05, 4.69) is 0 Å². The molecule has 0 radical (unpaired) electrons. The van der Waals surface area contributed by atoms with E-state index in [0.717, 1.165) is 11.3 Å². The molecule has 0 aliphatic carbocycles. The Kier molecular flexibility index (Phi) is 4.48. The summed E-state index contributed by atoms with van der Waals surface area (Å²) in [4.78, 5) is 11.2. The molecule has 0 N–H and O–H groups in total. The predicted octanol–water partition coefficient (Wildman–Crippen LogP) is -0.941. The molecule has 19 heavy (non-hydrogen) atoms. The van der Waals surface area contributed by atoms with E-state index in [1.807, 2.05) is 30.3 Å². The first-order chi connectivity index (χ1) is 8.66. The minimum absolute atomic E-state index is 0. The fourth-order valence-corrected chi connectivity index (χ4v) is 2.36. The molecule has 0 saturated heterocycles. The van der Waals surface area contributed by atoms with Gasteiger partial charge >= 0.3 is 51.4 Å². The number of carbonyl (C=O) groups excluding carboxylic acids is 1. The summed E-state index contributed by atoms with van der Waals surface area (Å²) in [6.45, 7) is 1.77. The Morgan fingerprint density at radius 2 is 1.89 bits per heavy atom. The van der Waals surface area contributed by atoms with Crippen LogP contribution in [-0.4, -0.2) is 5.97 Å². The summed E-state index contributed by atoms with van der Waals surface area (Å²) in [7, 11) is 0. The van der Waals surface area contributed by atoms with Gasteiger partial charge in [0.1, 0.15) is 11.5 Å². The summed E-state index contributed by atoms with van der Waals surface area (Å²) in [6.07, 6.45) is 0.566. The molecule has 0 unspecified atom stereocenters. The van der Waals surface area contributed by atoms with Gasteiger partial charge in [-0.15, -0.1) is 0 Å². The topological polar surface area (TPSA) is 49.4 Å². The number of benzene rings is 2. The van der Waals surface area contributed by atoms with Gasteiger partial charge in [-0.1, -0.05) is 24.3 Å². The molecule has 0 fully saturated rings. The second-order valence-electron chi connectivity index (χ2n) is 4.41. The van der Waals surface area contributed by atoms with Gasteiger partial charge in [0.15, 0.2) is 0 Å². The number of carboxylic acids is 1. The number of ether oxygens (including phenoxy) is 1. The Morgan fingerprint density at radius 3 is 2.63 bits per heavy atom. The number of aromatic carboxylic acids is 1. The Hall–Kier alpha value is -0.654. The van der Waals surface area contributed by atoms with E-state index in [-0.39, 0.29) is 56.9 Å². The Bertz CT molecular complexity index is 650. The van der Waals surface area contributed by atoms with E-state index in [4.69, 9.17) is 4.74 Å². The Labute approximate surface area is 154 Å². The van der Waals surface area contributed by atoms with Crippen molar-refractivity contribution in [3.8, 4) is 11.5 Å². The molecule has 2 aromatic carbocycles. The third-order valence-electron chi connectivity index (χ3n) is 3.24. The van der Waals surface area contributed by atoms with E-state index in [1.54, 1.807) is 13.0 Å². The van der Waals surface area contributed by atoms with Gasteiger partial charge in [-0.25, -0.2) is 0 Å². The van der Waals surface area contributed by atoms with Crippen LogP contribution in [-0.2, 0) is 6.42 Å². The van der Waals surface area contributed by atoms with Crippen molar-refractivity contribution in [3.05, 3.63) is 58.7 Å². The van der Waals surface area contributed by atoms with Crippen molar-refractivity contribution in [1.82, 2.24) is 0 Å². The first-order valence-corrected chi connectivity index (χ1v) is 5.76. The third kappa shape index (κ3) is 2.64. The standard InChI is InChI=1S/C15H12O3.K/c1-9-6-7-13-11(14(9)15(16)17)8-10-4-2-3-5-12(10)18-13;/h2-7H,8H2,1H3,(H,16,17);/q;+1/p-1. The monoisotopic (exact) mass is 278 g/mol. The maximum Gasteiger partial charge on any atom is 1.00 e. The number of carbonyl (C=O) groups is 1. The number of hydrogen-bond donors (Lipinski definition) is 0. The van der Waals surface area contributed by atoms with Crippen molar-refractivity contribution in [2.45, 2.75) is 13.3 Å². The summed E-state index contributed by atoms with van der Waals surface area (Å²) < 4.78 is 5.73. The summed E-state index contributed by atoms with van der Waals surface area (Å²) >= 11 is 0. The first-order valence-electron chi connectivity index (χ1n) is 5.76. The summed E-state index contributed by atoms with van der Waals surface area (Å²) in [6, 6.07) is 11.2. The average Bonchev–Trinajstić information content (AvgIpc) is 2.36. The van der Waals surface area contributed by atoms with Crippen molar-refractivity contribution in [3.63, 3.8) is 0 Å². The second kappa shape index (κ2) is 5.77. The molecule has 4 heteroatoms. The molecule has 0 spiro atoms. The van der Waals surface area contributed by atoms with Crippen LogP contribution in [0.2, 0.25) is 0 Å². The Balaban J connectivity index is 0.00000133. The van der Waals surface area contributed by atoms with Gasteiger partial charge in [-0.3, -0.25) is 0 Å². The molecule has 1 aliphatic heterocycles. The number of para-hydroxylation sites is 1. The van der Waals surface area contributed by atoms with Crippen molar-refractivity contribution in [2.75, 3.05) is 0 Å².